The molecule has 4 heteroatoms. The molecule has 0 fully saturated rings. The highest BCUT2D eigenvalue weighted by Crippen LogP contribution is 2.16. The normalized spacial score (nSPS) is 16.8. The molecule has 14 heavy (non-hydrogen) atoms. The summed E-state index contributed by atoms with van der Waals surface area (Å²) in [5.74, 6) is -0.836. The lowest BCUT2D eigenvalue weighted by Gasteiger charge is -2.32. The predicted molar refractivity (Wildman–Crippen MR) is 55.2 cm³/mol. The number of β-amino-alcohol motifs (C(OH)–C–C–N with tert-alkyl or cyclic N) is 1. The van der Waals surface area contributed by atoms with Crippen LogP contribution in [0, 0.1) is 5.92 Å². The van der Waals surface area contributed by atoms with Crippen molar-refractivity contribution in [1.29, 1.82) is 0 Å². The lowest BCUT2D eigenvalue weighted by Crippen LogP contribution is -2.53. The van der Waals surface area contributed by atoms with Crippen LogP contribution >= 0.6 is 0 Å². The first-order chi connectivity index (χ1) is 6.09. The molecule has 0 saturated heterocycles. The summed E-state index contributed by atoms with van der Waals surface area (Å²) in [5, 5.41) is 21.5. The smallest absolute Gasteiger partial charge is 0.323 e. The summed E-state index contributed by atoms with van der Waals surface area (Å²) in [6.07, 6.45) is 0. The van der Waals surface area contributed by atoms with Gasteiger partial charge in [-0.15, -0.1) is 0 Å². The zero-order valence-corrected chi connectivity index (χ0v) is 9.59. The predicted octanol–water partition coefficient (Wildman–Crippen LogP) is 0.846. The molecule has 0 aliphatic heterocycles. The molecule has 0 radical (unpaired) electrons. The minimum Gasteiger partial charge on any atom is -0.480 e. The molecule has 0 heterocycles. The van der Waals surface area contributed by atoms with Gasteiger partial charge >= 0.3 is 5.97 Å². The molecule has 0 amide bonds. The van der Waals surface area contributed by atoms with E-state index < -0.39 is 17.1 Å². The Hall–Kier alpha value is -0.610. The number of aliphatic hydroxyl groups is 1. The fraction of sp³-hybridized carbons (Fsp3) is 0.900. The Labute approximate surface area is 85.3 Å². The minimum absolute atomic E-state index is 0.0830. The van der Waals surface area contributed by atoms with Gasteiger partial charge in [-0.25, -0.2) is 0 Å². The monoisotopic (exact) mass is 203 g/mol. The van der Waals surface area contributed by atoms with Crippen LogP contribution in [-0.2, 0) is 4.79 Å². The average molecular weight is 203 g/mol. The first kappa shape index (κ1) is 13.4. The van der Waals surface area contributed by atoms with E-state index in [1.54, 1.807) is 20.8 Å². The lowest BCUT2D eigenvalue weighted by molar-refractivity contribution is -0.143. The van der Waals surface area contributed by atoms with Crippen molar-refractivity contribution in [2.75, 3.05) is 6.54 Å². The second-order valence-electron chi connectivity index (χ2n) is 4.80. The number of carboxylic acid groups (broad SMARTS) is 1. The summed E-state index contributed by atoms with van der Waals surface area (Å²) < 4.78 is 0. The van der Waals surface area contributed by atoms with Crippen LogP contribution in [0.2, 0.25) is 0 Å². The van der Waals surface area contributed by atoms with Gasteiger partial charge < -0.3 is 10.2 Å². The van der Waals surface area contributed by atoms with Crippen LogP contribution in [0.3, 0.4) is 0 Å². The van der Waals surface area contributed by atoms with Crippen LogP contribution in [-0.4, -0.2) is 33.9 Å². The second kappa shape index (κ2) is 4.28. The third kappa shape index (κ3) is 3.64. The Balaban J connectivity index is 4.25. The van der Waals surface area contributed by atoms with Crippen molar-refractivity contribution in [3.63, 3.8) is 0 Å². The molecule has 0 aromatic carbocycles. The number of hydrogen-bond acceptors (Lipinski definition) is 3. The van der Waals surface area contributed by atoms with Gasteiger partial charge in [-0.1, -0.05) is 13.8 Å². The zero-order chi connectivity index (χ0) is 11.6. The third-order valence-corrected chi connectivity index (χ3v) is 2.67. The molecule has 1 unspecified atom stereocenters. The van der Waals surface area contributed by atoms with Gasteiger partial charge in [0.1, 0.15) is 5.54 Å². The molecule has 0 aromatic heterocycles. The number of nitrogens with one attached hydrogen (secondary N) is 1. The second-order valence-corrected chi connectivity index (χ2v) is 4.80. The molecule has 4 nitrogen and oxygen atoms in total. The number of carbonyl (C=O) groups is 1. The van der Waals surface area contributed by atoms with Gasteiger partial charge in [0.2, 0.25) is 0 Å². The van der Waals surface area contributed by atoms with Gasteiger partial charge in [0.25, 0.3) is 0 Å². The van der Waals surface area contributed by atoms with Crippen LogP contribution in [0.25, 0.3) is 0 Å². The molecule has 3 N–H and O–H groups in total. The fourth-order valence-corrected chi connectivity index (χ4v) is 0.680. The molecule has 0 aliphatic carbocycles. The van der Waals surface area contributed by atoms with Crippen molar-refractivity contribution in [2.24, 2.45) is 5.92 Å². The summed E-state index contributed by atoms with van der Waals surface area (Å²) in [7, 11) is 0. The van der Waals surface area contributed by atoms with E-state index >= 15 is 0 Å². The zero-order valence-electron chi connectivity index (χ0n) is 9.59. The molecule has 0 saturated carbocycles. The van der Waals surface area contributed by atoms with Crippen LogP contribution in [0.1, 0.15) is 34.6 Å². The number of hydrogen-bond donors (Lipinski definition) is 3. The van der Waals surface area contributed by atoms with Gasteiger partial charge in [-0.05, 0) is 26.7 Å². The summed E-state index contributed by atoms with van der Waals surface area (Å²) in [6, 6.07) is 0. The molecule has 0 spiro atoms. The van der Waals surface area contributed by atoms with Crippen molar-refractivity contribution in [3.8, 4) is 0 Å². The highest BCUT2D eigenvalue weighted by molar-refractivity contribution is 5.77. The molecule has 0 rings (SSSR count). The number of aliphatic carboxylic acids is 1. The molecule has 0 bridgehead atoms. The maximum atomic E-state index is 10.8. The quantitative estimate of drug-likeness (QED) is 0.619. The van der Waals surface area contributed by atoms with Gasteiger partial charge in [-0.3, -0.25) is 10.1 Å². The topological polar surface area (TPSA) is 69.6 Å². The van der Waals surface area contributed by atoms with E-state index in [-0.39, 0.29) is 12.5 Å². The van der Waals surface area contributed by atoms with E-state index in [9.17, 15) is 9.90 Å². The van der Waals surface area contributed by atoms with E-state index in [4.69, 9.17) is 5.11 Å². The van der Waals surface area contributed by atoms with Gasteiger partial charge in [0.15, 0.2) is 0 Å². The Bertz CT molecular complexity index is 209. The summed E-state index contributed by atoms with van der Waals surface area (Å²) in [6.45, 7) is 8.91. The number of rotatable bonds is 5. The lowest BCUT2D eigenvalue weighted by atomic mass is 9.91. The molecule has 1 atom stereocenters. The third-order valence-electron chi connectivity index (χ3n) is 2.67. The van der Waals surface area contributed by atoms with E-state index in [2.05, 4.69) is 5.32 Å². The Morgan fingerprint density at radius 3 is 2.07 bits per heavy atom. The molecule has 84 valence electrons. The van der Waals surface area contributed by atoms with Crippen molar-refractivity contribution in [2.45, 2.75) is 45.8 Å². The fourth-order valence-electron chi connectivity index (χ4n) is 0.680. The highest BCUT2D eigenvalue weighted by Gasteiger charge is 2.31. The van der Waals surface area contributed by atoms with E-state index in [0.717, 1.165) is 0 Å². The van der Waals surface area contributed by atoms with Gasteiger partial charge in [-0.2, -0.15) is 0 Å². The van der Waals surface area contributed by atoms with Gasteiger partial charge in [0.05, 0.1) is 5.60 Å². The Morgan fingerprint density at radius 2 is 1.79 bits per heavy atom. The molecular formula is C10H21NO3. The molecule has 0 aromatic rings. The SMILES string of the molecule is CC(C)C(C)(O)CNC(C)(C)C(=O)O. The van der Waals surface area contributed by atoms with Crippen molar-refractivity contribution in [3.05, 3.63) is 0 Å². The van der Waals surface area contributed by atoms with E-state index in [1.165, 1.54) is 0 Å². The Kier molecular flexibility index (Phi) is 4.09. The largest absolute Gasteiger partial charge is 0.480 e. The van der Waals surface area contributed by atoms with Crippen LogP contribution < -0.4 is 5.32 Å². The van der Waals surface area contributed by atoms with E-state index in [1.807, 2.05) is 13.8 Å². The summed E-state index contributed by atoms with van der Waals surface area (Å²) >= 11 is 0. The standard InChI is InChI=1S/C10H21NO3/c1-7(2)10(5,14)6-11-9(3,4)8(12)13/h7,11,14H,6H2,1-5H3,(H,12,13). The first-order valence-corrected chi connectivity index (χ1v) is 4.80. The highest BCUT2D eigenvalue weighted by atomic mass is 16.4. The van der Waals surface area contributed by atoms with E-state index in [0.29, 0.717) is 0 Å². The van der Waals surface area contributed by atoms with Crippen LogP contribution in [0.4, 0.5) is 0 Å². The van der Waals surface area contributed by atoms with Crippen LogP contribution in [0.15, 0.2) is 0 Å². The van der Waals surface area contributed by atoms with Crippen molar-refractivity contribution < 1.29 is 15.0 Å². The summed E-state index contributed by atoms with van der Waals surface area (Å²) in [4.78, 5) is 10.8. The van der Waals surface area contributed by atoms with Crippen LogP contribution in [0.5, 0.6) is 0 Å². The summed E-state index contributed by atoms with van der Waals surface area (Å²) in [5.41, 5.74) is -1.88. The average Bonchev–Trinajstić information content (AvgIpc) is 2.01. The maximum absolute atomic E-state index is 10.8. The Morgan fingerprint density at radius 1 is 1.36 bits per heavy atom. The van der Waals surface area contributed by atoms with Gasteiger partial charge in [0, 0.05) is 6.54 Å². The molecular weight excluding hydrogens is 182 g/mol. The van der Waals surface area contributed by atoms with Crippen molar-refractivity contribution in [1.82, 2.24) is 5.32 Å². The number of carboxylic acids is 1. The minimum atomic E-state index is -1.00. The first-order valence-electron chi connectivity index (χ1n) is 4.80. The molecule has 0 aliphatic rings. The van der Waals surface area contributed by atoms with Crippen molar-refractivity contribution >= 4 is 5.97 Å². The maximum Gasteiger partial charge on any atom is 0.323 e.